The molecule has 0 radical (unpaired) electrons. The Kier molecular flexibility index (Phi) is 3.13. The van der Waals surface area contributed by atoms with Crippen molar-refractivity contribution in [1.29, 1.82) is 0 Å². The van der Waals surface area contributed by atoms with Gasteiger partial charge in [-0.15, -0.1) is 0 Å². The number of carbonyl (C=O) groups excluding carboxylic acids is 1. The quantitative estimate of drug-likeness (QED) is 0.776. The number of amides is 1. The second-order valence-electron chi connectivity index (χ2n) is 6.10. The summed E-state index contributed by atoms with van der Waals surface area (Å²) in [5.41, 5.74) is 0.835. The normalized spacial score (nSPS) is 26.0. The molecule has 0 aromatic carbocycles. The number of hydrogen-bond acceptors (Lipinski definition) is 2. The van der Waals surface area contributed by atoms with Gasteiger partial charge in [-0.2, -0.15) is 0 Å². The van der Waals surface area contributed by atoms with Crippen LogP contribution in [0.4, 0.5) is 0 Å². The van der Waals surface area contributed by atoms with E-state index in [-0.39, 0.29) is 11.5 Å². The Morgan fingerprint density at radius 1 is 1.42 bits per heavy atom. The molecular weight excluding hydrogens is 240 g/mol. The molecule has 3 rings (SSSR count). The van der Waals surface area contributed by atoms with Gasteiger partial charge in [0.05, 0.1) is 5.60 Å². The lowest BCUT2D eigenvalue weighted by Gasteiger charge is -2.38. The zero-order chi connectivity index (χ0) is 13.5. The molecule has 1 spiro atoms. The molecule has 104 valence electrons. The van der Waals surface area contributed by atoms with Gasteiger partial charge < -0.3 is 14.2 Å². The smallest absolute Gasteiger partial charge is 0.270 e. The molecule has 1 atom stereocenters. The predicted octanol–water partition coefficient (Wildman–Crippen LogP) is 2.06. The van der Waals surface area contributed by atoms with E-state index in [1.165, 1.54) is 0 Å². The minimum atomic E-state index is 0.0599. The number of ether oxygens (including phenoxy) is 1. The lowest BCUT2D eigenvalue weighted by molar-refractivity contribution is -0.0391. The molecule has 0 bridgehead atoms. The van der Waals surface area contributed by atoms with E-state index in [1.54, 1.807) is 0 Å². The van der Waals surface area contributed by atoms with Crippen molar-refractivity contribution in [3.63, 3.8) is 0 Å². The van der Waals surface area contributed by atoms with Crippen LogP contribution in [0.25, 0.3) is 0 Å². The van der Waals surface area contributed by atoms with Crippen molar-refractivity contribution in [2.75, 3.05) is 19.7 Å². The molecule has 4 heteroatoms. The number of nitrogens with zero attached hydrogens (tertiary/aromatic N) is 2. The van der Waals surface area contributed by atoms with Crippen LogP contribution < -0.4 is 0 Å². The number of aryl methyl sites for hydroxylation is 1. The second kappa shape index (κ2) is 4.67. The minimum absolute atomic E-state index is 0.0599. The molecular formula is C15H22N2O2. The summed E-state index contributed by atoms with van der Waals surface area (Å²) < 4.78 is 7.88. The van der Waals surface area contributed by atoms with Gasteiger partial charge >= 0.3 is 0 Å². The Balaban J connectivity index is 1.64. The highest BCUT2D eigenvalue weighted by atomic mass is 16.5. The van der Waals surface area contributed by atoms with Gasteiger partial charge in [0.2, 0.25) is 0 Å². The van der Waals surface area contributed by atoms with E-state index in [1.807, 2.05) is 34.8 Å². The Morgan fingerprint density at radius 3 is 2.68 bits per heavy atom. The molecule has 2 fully saturated rings. The van der Waals surface area contributed by atoms with Crippen molar-refractivity contribution in [2.24, 2.45) is 13.0 Å². The lowest BCUT2D eigenvalue weighted by Crippen LogP contribution is -2.46. The molecule has 19 heavy (non-hydrogen) atoms. The van der Waals surface area contributed by atoms with Gasteiger partial charge in [-0.3, -0.25) is 4.79 Å². The third-order valence-electron chi connectivity index (χ3n) is 4.52. The van der Waals surface area contributed by atoms with Crippen LogP contribution in [-0.2, 0) is 11.8 Å². The van der Waals surface area contributed by atoms with Crippen LogP contribution in [-0.4, -0.2) is 40.7 Å². The molecule has 1 aromatic heterocycles. The fraction of sp³-hybridized carbons (Fsp3) is 0.667. The summed E-state index contributed by atoms with van der Waals surface area (Å²) in [7, 11) is 1.92. The van der Waals surface area contributed by atoms with E-state index in [2.05, 4.69) is 6.92 Å². The van der Waals surface area contributed by atoms with Crippen molar-refractivity contribution >= 4 is 5.91 Å². The molecule has 0 N–H and O–H groups in total. The highest BCUT2D eigenvalue weighted by Gasteiger charge is 2.42. The first-order chi connectivity index (χ1) is 9.10. The maximum atomic E-state index is 12.4. The standard InChI is InChI=1S/C15H22N2O2/c1-12-10-15(19-11-12)5-8-17(9-6-15)14(18)13-4-3-7-16(13)2/h3-4,7,12H,5-6,8-11H2,1-2H3. The Bertz CT molecular complexity index is 472. The highest BCUT2D eigenvalue weighted by Crippen LogP contribution is 2.38. The van der Waals surface area contributed by atoms with Crippen molar-refractivity contribution in [3.8, 4) is 0 Å². The van der Waals surface area contributed by atoms with E-state index >= 15 is 0 Å². The van der Waals surface area contributed by atoms with Gasteiger partial charge in [0.15, 0.2) is 0 Å². The van der Waals surface area contributed by atoms with Crippen molar-refractivity contribution in [3.05, 3.63) is 24.0 Å². The minimum Gasteiger partial charge on any atom is -0.375 e. The first kappa shape index (κ1) is 12.7. The van der Waals surface area contributed by atoms with Crippen LogP contribution in [0, 0.1) is 5.92 Å². The average Bonchev–Trinajstić information content (AvgIpc) is 2.97. The van der Waals surface area contributed by atoms with E-state index in [0.29, 0.717) is 5.92 Å². The zero-order valence-corrected chi connectivity index (χ0v) is 11.8. The summed E-state index contributed by atoms with van der Waals surface area (Å²) in [5.74, 6) is 0.809. The Morgan fingerprint density at radius 2 is 2.16 bits per heavy atom. The van der Waals surface area contributed by atoms with Gasteiger partial charge in [-0.25, -0.2) is 0 Å². The van der Waals surface area contributed by atoms with Crippen molar-refractivity contribution in [2.45, 2.75) is 31.8 Å². The molecule has 1 amide bonds. The van der Waals surface area contributed by atoms with Gasteiger partial charge in [0.25, 0.3) is 5.91 Å². The number of rotatable bonds is 1. The van der Waals surface area contributed by atoms with E-state index in [9.17, 15) is 4.79 Å². The molecule has 4 nitrogen and oxygen atoms in total. The largest absolute Gasteiger partial charge is 0.375 e. The van der Waals surface area contributed by atoms with E-state index in [4.69, 9.17) is 4.74 Å². The number of aromatic nitrogens is 1. The average molecular weight is 262 g/mol. The second-order valence-corrected chi connectivity index (χ2v) is 6.10. The fourth-order valence-electron chi connectivity index (χ4n) is 3.38. The maximum Gasteiger partial charge on any atom is 0.270 e. The first-order valence-corrected chi connectivity index (χ1v) is 7.14. The zero-order valence-electron chi connectivity index (χ0n) is 11.8. The number of likely N-dealkylation sites (tertiary alicyclic amines) is 1. The maximum absolute atomic E-state index is 12.4. The van der Waals surface area contributed by atoms with E-state index in [0.717, 1.165) is 44.7 Å². The van der Waals surface area contributed by atoms with Crippen molar-refractivity contribution in [1.82, 2.24) is 9.47 Å². The van der Waals surface area contributed by atoms with Gasteiger partial charge in [0.1, 0.15) is 5.69 Å². The summed E-state index contributed by atoms with van der Waals surface area (Å²) in [5, 5.41) is 0. The van der Waals surface area contributed by atoms with Gasteiger partial charge in [-0.05, 0) is 37.3 Å². The van der Waals surface area contributed by atoms with Crippen LogP contribution in [0.3, 0.4) is 0 Å². The topological polar surface area (TPSA) is 34.5 Å². The summed E-state index contributed by atoms with van der Waals surface area (Å²) in [6, 6.07) is 3.81. The van der Waals surface area contributed by atoms with Crippen LogP contribution in [0.5, 0.6) is 0 Å². The summed E-state index contributed by atoms with van der Waals surface area (Å²) >= 11 is 0. The molecule has 2 aliphatic heterocycles. The highest BCUT2D eigenvalue weighted by molar-refractivity contribution is 5.92. The Hall–Kier alpha value is -1.29. The summed E-state index contributed by atoms with van der Waals surface area (Å²) in [6.07, 6.45) is 5.03. The summed E-state index contributed by atoms with van der Waals surface area (Å²) in [6.45, 7) is 4.76. The molecule has 0 saturated carbocycles. The third-order valence-corrected chi connectivity index (χ3v) is 4.52. The third kappa shape index (κ3) is 2.29. The van der Waals surface area contributed by atoms with Crippen LogP contribution in [0.15, 0.2) is 18.3 Å². The molecule has 1 unspecified atom stereocenters. The molecule has 1 aromatic rings. The first-order valence-electron chi connectivity index (χ1n) is 7.14. The summed E-state index contributed by atoms with van der Waals surface area (Å²) in [4.78, 5) is 14.4. The SMILES string of the molecule is CC1COC2(CCN(C(=O)c3cccn3C)CC2)C1. The number of carbonyl (C=O) groups is 1. The van der Waals surface area contributed by atoms with Gasteiger partial charge in [-0.1, -0.05) is 6.92 Å². The molecule has 2 saturated heterocycles. The molecule has 3 heterocycles. The predicted molar refractivity (Wildman–Crippen MR) is 73.0 cm³/mol. The van der Waals surface area contributed by atoms with Crippen LogP contribution in [0.1, 0.15) is 36.7 Å². The van der Waals surface area contributed by atoms with Crippen LogP contribution in [0.2, 0.25) is 0 Å². The van der Waals surface area contributed by atoms with Crippen molar-refractivity contribution < 1.29 is 9.53 Å². The van der Waals surface area contributed by atoms with Crippen LogP contribution >= 0.6 is 0 Å². The molecule has 0 aliphatic carbocycles. The fourth-order valence-corrected chi connectivity index (χ4v) is 3.38. The number of piperidine rings is 1. The lowest BCUT2D eigenvalue weighted by atomic mass is 9.86. The Labute approximate surface area is 114 Å². The molecule has 2 aliphatic rings. The van der Waals surface area contributed by atoms with E-state index < -0.39 is 0 Å². The monoisotopic (exact) mass is 262 g/mol. The number of hydrogen-bond donors (Lipinski definition) is 0. The van der Waals surface area contributed by atoms with Gasteiger partial charge in [0, 0.05) is 32.9 Å².